The van der Waals surface area contributed by atoms with Crippen LogP contribution < -0.4 is 9.80 Å². The number of benzene rings is 1. The zero-order chi connectivity index (χ0) is 18.1. The van der Waals surface area contributed by atoms with Crippen LogP contribution in [0.5, 0.6) is 0 Å². The number of ether oxygens (including phenoxy) is 1. The fraction of sp³-hybridized carbons (Fsp3) is 0.526. The highest BCUT2D eigenvalue weighted by atomic mass is 16.5. The SMILES string of the molecule is COC(=O)[C@H]1CCC[NH+]([C@@H]2CC(=O)N(c3ccc(C)c(C)c3)C2=O)C1. The lowest BCUT2D eigenvalue weighted by atomic mass is 9.96. The Kier molecular flexibility index (Phi) is 4.90. The Morgan fingerprint density at radius 2 is 2.00 bits per heavy atom. The number of likely N-dealkylation sites (tertiary alicyclic amines) is 1. The van der Waals surface area contributed by atoms with E-state index in [1.807, 2.05) is 32.0 Å². The molecule has 1 aromatic carbocycles. The van der Waals surface area contributed by atoms with E-state index in [1.165, 1.54) is 12.0 Å². The van der Waals surface area contributed by atoms with Gasteiger partial charge in [0.2, 0.25) is 5.91 Å². The molecular weight excluding hydrogens is 320 g/mol. The van der Waals surface area contributed by atoms with Crippen LogP contribution in [-0.4, -0.2) is 44.0 Å². The van der Waals surface area contributed by atoms with Gasteiger partial charge in [0.05, 0.1) is 32.3 Å². The first kappa shape index (κ1) is 17.6. The molecule has 6 heteroatoms. The predicted octanol–water partition coefficient (Wildman–Crippen LogP) is 0.403. The smallest absolute Gasteiger partial charge is 0.314 e. The van der Waals surface area contributed by atoms with Crippen LogP contribution in [0.15, 0.2) is 18.2 Å². The van der Waals surface area contributed by atoms with E-state index < -0.39 is 6.04 Å². The van der Waals surface area contributed by atoms with E-state index in [4.69, 9.17) is 4.74 Å². The number of imide groups is 1. The molecule has 25 heavy (non-hydrogen) atoms. The number of hydrogen-bond acceptors (Lipinski definition) is 4. The number of carbonyl (C=O) groups excluding carboxylic acids is 3. The van der Waals surface area contributed by atoms with E-state index >= 15 is 0 Å². The molecule has 2 aliphatic heterocycles. The van der Waals surface area contributed by atoms with Gasteiger partial charge in [-0.25, -0.2) is 4.90 Å². The molecule has 3 rings (SSSR count). The zero-order valence-electron chi connectivity index (χ0n) is 15.0. The predicted molar refractivity (Wildman–Crippen MR) is 92.3 cm³/mol. The summed E-state index contributed by atoms with van der Waals surface area (Å²) in [5.74, 6) is -0.730. The van der Waals surface area contributed by atoms with Crippen molar-refractivity contribution in [3.8, 4) is 0 Å². The second-order valence-corrected chi connectivity index (χ2v) is 7.07. The molecule has 0 radical (unpaired) electrons. The fourth-order valence-electron chi connectivity index (χ4n) is 3.87. The Hall–Kier alpha value is -2.21. The summed E-state index contributed by atoms with van der Waals surface area (Å²) in [7, 11) is 1.39. The van der Waals surface area contributed by atoms with Crippen LogP contribution in [0, 0.1) is 19.8 Å². The molecule has 2 fully saturated rings. The van der Waals surface area contributed by atoms with E-state index in [2.05, 4.69) is 0 Å². The number of nitrogens with zero attached hydrogens (tertiary/aromatic N) is 1. The topological polar surface area (TPSA) is 68.1 Å². The zero-order valence-corrected chi connectivity index (χ0v) is 15.0. The van der Waals surface area contributed by atoms with E-state index in [0.29, 0.717) is 12.2 Å². The largest absolute Gasteiger partial charge is 0.469 e. The summed E-state index contributed by atoms with van der Waals surface area (Å²) in [6, 6.07) is 5.24. The van der Waals surface area contributed by atoms with Crippen molar-refractivity contribution in [3.63, 3.8) is 0 Å². The Morgan fingerprint density at radius 1 is 1.24 bits per heavy atom. The minimum Gasteiger partial charge on any atom is -0.469 e. The lowest BCUT2D eigenvalue weighted by Crippen LogP contribution is -3.18. The van der Waals surface area contributed by atoms with Gasteiger partial charge < -0.3 is 9.64 Å². The van der Waals surface area contributed by atoms with Crippen LogP contribution >= 0.6 is 0 Å². The number of anilines is 1. The maximum atomic E-state index is 12.9. The molecular formula is C19H25N2O4+. The molecule has 0 spiro atoms. The third kappa shape index (κ3) is 3.31. The van der Waals surface area contributed by atoms with Gasteiger partial charge in [-0.1, -0.05) is 6.07 Å². The molecule has 0 aliphatic carbocycles. The second kappa shape index (κ2) is 6.96. The molecule has 0 bridgehead atoms. The van der Waals surface area contributed by atoms with Gasteiger partial charge in [-0.3, -0.25) is 14.4 Å². The molecule has 0 aromatic heterocycles. The van der Waals surface area contributed by atoms with Crippen LogP contribution in [0.25, 0.3) is 0 Å². The number of aryl methyl sites for hydroxylation is 2. The van der Waals surface area contributed by atoms with Gasteiger partial charge in [0.1, 0.15) is 5.92 Å². The summed E-state index contributed by atoms with van der Waals surface area (Å²) in [5.41, 5.74) is 2.82. The average molecular weight is 345 g/mol. The van der Waals surface area contributed by atoms with Crippen molar-refractivity contribution in [2.75, 3.05) is 25.1 Å². The Balaban J connectivity index is 1.79. The van der Waals surface area contributed by atoms with Crippen molar-refractivity contribution in [2.24, 2.45) is 5.92 Å². The van der Waals surface area contributed by atoms with E-state index in [1.54, 1.807) is 0 Å². The van der Waals surface area contributed by atoms with Crippen LogP contribution in [0.3, 0.4) is 0 Å². The standard InChI is InChI=1S/C19H24N2O4/c1-12-6-7-15(9-13(12)2)21-17(22)10-16(18(21)23)20-8-4-5-14(11-20)19(24)25-3/h6-7,9,14,16H,4-5,8,10-11H2,1-3H3/p+1/t14-,16+/m0/s1. The monoisotopic (exact) mass is 345 g/mol. The average Bonchev–Trinajstić information content (AvgIpc) is 2.91. The molecule has 0 saturated carbocycles. The summed E-state index contributed by atoms with van der Waals surface area (Å²) in [6.45, 7) is 5.33. The first-order valence-electron chi connectivity index (χ1n) is 8.79. The molecule has 2 saturated heterocycles. The van der Waals surface area contributed by atoms with Crippen LogP contribution in [0.1, 0.15) is 30.4 Å². The maximum Gasteiger partial charge on any atom is 0.314 e. The first-order valence-corrected chi connectivity index (χ1v) is 8.79. The highest BCUT2D eigenvalue weighted by Crippen LogP contribution is 2.25. The number of carbonyl (C=O) groups is 3. The van der Waals surface area contributed by atoms with Crippen molar-refractivity contribution < 1.29 is 24.0 Å². The molecule has 2 amide bonds. The molecule has 3 atom stereocenters. The Bertz CT molecular complexity index is 715. The minimum atomic E-state index is -0.401. The Labute approximate surface area is 147 Å². The lowest BCUT2D eigenvalue weighted by molar-refractivity contribution is -0.922. The van der Waals surface area contributed by atoms with E-state index in [9.17, 15) is 14.4 Å². The minimum absolute atomic E-state index is 0.159. The quantitative estimate of drug-likeness (QED) is 0.636. The number of nitrogens with one attached hydrogen (secondary N) is 1. The number of esters is 1. The third-order valence-corrected chi connectivity index (χ3v) is 5.48. The van der Waals surface area contributed by atoms with Gasteiger partial charge >= 0.3 is 5.97 Å². The van der Waals surface area contributed by atoms with Crippen LogP contribution in [-0.2, 0) is 19.1 Å². The van der Waals surface area contributed by atoms with Gasteiger partial charge in [0.25, 0.3) is 5.91 Å². The van der Waals surface area contributed by atoms with Gasteiger partial charge in [-0.05, 0) is 49.9 Å². The summed E-state index contributed by atoms with van der Waals surface area (Å²) in [5, 5.41) is 0. The van der Waals surface area contributed by atoms with Crippen molar-refractivity contribution in [1.82, 2.24) is 0 Å². The highest BCUT2D eigenvalue weighted by molar-refractivity contribution is 6.21. The van der Waals surface area contributed by atoms with E-state index in [-0.39, 0.29) is 30.1 Å². The van der Waals surface area contributed by atoms with Crippen molar-refractivity contribution in [3.05, 3.63) is 29.3 Å². The molecule has 2 heterocycles. The number of rotatable bonds is 3. The molecule has 2 aliphatic rings. The number of amides is 2. The Morgan fingerprint density at radius 3 is 2.68 bits per heavy atom. The lowest BCUT2D eigenvalue weighted by Gasteiger charge is -2.31. The van der Waals surface area contributed by atoms with Gasteiger partial charge in [0.15, 0.2) is 6.04 Å². The second-order valence-electron chi connectivity index (χ2n) is 7.07. The summed E-state index contributed by atoms with van der Waals surface area (Å²) in [4.78, 5) is 39.6. The van der Waals surface area contributed by atoms with Crippen LogP contribution in [0.2, 0.25) is 0 Å². The van der Waals surface area contributed by atoms with E-state index in [0.717, 1.165) is 35.4 Å². The third-order valence-electron chi connectivity index (χ3n) is 5.48. The van der Waals surface area contributed by atoms with Gasteiger partial charge in [0, 0.05) is 0 Å². The summed E-state index contributed by atoms with van der Waals surface area (Å²) >= 11 is 0. The van der Waals surface area contributed by atoms with Crippen molar-refractivity contribution in [1.29, 1.82) is 0 Å². The molecule has 134 valence electrons. The molecule has 1 N–H and O–H groups in total. The molecule has 6 nitrogen and oxygen atoms in total. The van der Waals surface area contributed by atoms with Crippen molar-refractivity contribution >= 4 is 23.5 Å². The van der Waals surface area contributed by atoms with Crippen LogP contribution in [0.4, 0.5) is 5.69 Å². The number of methoxy groups -OCH3 is 1. The first-order chi connectivity index (χ1) is 11.9. The van der Waals surface area contributed by atoms with Gasteiger partial charge in [-0.15, -0.1) is 0 Å². The van der Waals surface area contributed by atoms with Gasteiger partial charge in [-0.2, -0.15) is 0 Å². The normalized spacial score (nSPS) is 26.8. The summed E-state index contributed by atoms with van der Waals surface area (Å²) in [6.07, 6.45) is 1.84. The summed E-state index contributed by atoms with van der Waals surface area (Å²) < 4.78 is 4.85. The fourth-order valence-corrected chi connectivity index (χ4v) is 3.87. The van der Waals surface area contributed by atoms with Crippen molar-refractivity contribution in [2.45, 2.75) is 39.2 Å². The molecule has 1 unspecified atom stereocenters. The number of quaternary nitrogens is 1. The highest BCUT2D eigenvalue weighted by Gasteiger charge is 2.47. The molecule has 1 aromatic rings. The maximum absolute atomic E-state index is 12.9. The number of piperidine rings is 1. The number of hydrogen-bond donors (Lipinski definition) is 1.